The van der Waals surface area contributed by atoms with Crippen LogP contribution in [0.25, 0.3) is 0 Å². The van der Waals surface area contributed by atoms with Crippen LogP contribution in [-0.2, 0) is 23.4 Å². The Morgan fingerprint density at radius 2 is 1.54 bits per heavy atom. The predicted molar refractivity (Wildman–Crippen MR) is 144 cm³/mol. The average Bonchev–Trinajstić information content (AvgIpc) is 3.04. The van der Waals surface area contributed by atoms with Crippen molar-refractivity contribution in [2.45, 2.75) is 35.6 Å². The number of hydrogen-bond acceptors (Lipinski definition) is 5. The molecule has 35 heavy (non-hydrogen) atoms. The molecule has 176 valence electrons. The summed E-state index contributed by atoms with van der Waals surface area (Å²) < 4.78 is 0. The van der Waals surface area contributed by atoms with E-state index in [0.717, 1.165) is 40.2 Å². The smallest absolute Gasteiger partial charge is 0.251 e. The van der Waals surface area contributed by atoms with E-state index >= 15 is 0 Å². The minimum atomic E-state index is -0.208. The first-order valence-electron chi connectivity index (χ1n) is 11.5. The van der Waals surface area contributed by atoms with Crippen molar-refractivity contribution < 1.29 is 4.79 Å². The minimum absolute atomic E-state index is 0.0427. The molecular formula is C28H25N3O2S2. The largest absolute Gasteiger partial charge is 0.301 e. The Balaban J connectivity index is 1.33. The third-order valence-electron chi connectivity index (χ3n) is 5.89. The molecule has 0 spiro atoms. The van der Waals surface area contributed by atoms with Gasteiger partial charge in [0.15, 0.2) is 5.16 Å². The molecule has 3 aromatic carbocycles. The summed E-state index contributed by atoms with van der Waals surface area (Å²) in [6.45, 7) is 2.06. The zero-order valence-corrected chi connectivity index (χ0v) is 21.0. The molecule has 4 aromatic rings. The number of aromatic nitrogens is 2. The van der Waals surface area contributed by atoms with E-state index in [1.165, 1.54) is 23.4 Å². The van der Waals surface area contributed by atoms with Crippen molar-refractivity contribution in [2.24, 2.45) is 0 Å². The predicted octanol–water partition coefficient (Wildman–Crippen LogP) is 5.93. The fourth-order valence-corrected chi connectivity index (χ4v) is 5.70. The van der Waals surface area contributed by atoms with E-state index in [0.29, 0.717) is 16.6 Å². The number of rotatable bonds is 6. The van der Waals surface area contributed by atoms with Gasteiger partial charge >= 0.3 is 0 Å². The first-order valence-corrected chi connectivity index (χ1v) is 13.5. The lowest BCUT2D eigenvalue weighted by atomic mass is 10.0. The third kappa shape index (κ3) is 5.52. The third-order valence-corrected chi connectivity index (χ3v) is 7.79. The number of aryl methyl sites for hydroxylation is 3. The highest BCUT2D eigenvalue weighted by atomic mass is 32.2. The number of hydrogen-bond donors (Lipinski definition) is 1. The fraction of sp³-hybridized carbons (Fsp3) is 0.179. The van der Waals surface area contributed by atoms with Gasteiger partial charge in [0.1, 0.15) is 0 Å². The first-order chi connectivity index (χ1) is 17.1. The summed E-state index contributed by atoms with van der Waals surface area (Å²) in [5, 5.41) is 0.460. The summed E-state index contributed by atoms with van der Waals surface area (Å²) in [5.41, 5.74) is 5.86. The van der Waals surface area contributed by atoms with E-state index in [9.17, 15) is 9.59 Å². The molecule has 1 N–H and O–H groups in total. The van der Waals surface area contributed by atoms with Crippen molar-refractivity contribution in [3.63, 3.8) is 0 Å². The molecule has 0 saturated carbocycles. The molecule has 1 aliphatic heterocycles. The standard InChI is InChI=1S/C28H25N3O2S2/c1-19-10-14-23(15-11-19)34-17-22-16-26(32)30-28(29-22)35-18-27(33)31-24-8-4-2-6-20(24)12-13-21-7-3-5-9-25(21)31/h2-11,14-16H,12-13,17-18H2,1H3,(H,29,30,32). The first kappa shape index (κ1) is 23.5. The quantitative estimate of drug-likeness (QED) is 0.263. The van der Waals surface area contributed by atoms with Gasteiger partial charge in [-0.05, 0) is 55.2 Å². The number of carbonyl (C=O) groups excluding carboxylic acids is 1. The summed E-state index contributed by atoms with van der Waals surface area (Å²) in [7, 11) is 0. The van der Waals surface area contributed by atoms with E-state index in [-0.39, 0.29) is 17.2 Å². The number of nitrogens with one attached hydrogen (secondary N) is 1. The van der Waals surface area contributed by atoms with Crippen molar-refractivity contribution in [1.82, 2.24) is 9.97 Å². The van der Waals surface area contributed by atoms with Crippen LogP contribution in [0.2, 0.25) is 0 Å². The van der Waals surface area contributed by atoms with Gasteiger partial charge in [0.05, 0.1) is 22.8 Å². The van der Waals surface area contributed by atoms with Gasteiger partial charge in [0.25, 0.3) is 5.56 Å². The number of aromatic amines is 1. The normalized spacial score (nSPS) is 12.5. The van der Waals surface area contributed by atoms with Crippen LogP contribution in [0, 0.1) is 6.92 Å². The van der Waals surface area contributed by atoms with Crippen molar-refractivity contribution in [3.05, 3.63) is 112 Å². The molecule has 2 heterocycles. The number of nitrogens with zero attached hydrogens (tertiary/aromatic N) is 2. The van der Waals surface area contributed by atoms with Gasteiger partial charge in [-0.3, -0.25) is 14.5 Å². The van der Waals surface area contributed by atoms with Crippen LogP contribution in [0.5, 0.6) is 0 Å². The maximum atomic E-state index is 13.5. The molecule has 0 radical (unpaired) electrons. The van der Waals surface area contributed by atoms with Gasteiger partial charge in [0, 0.05) is 16.7 Å². The Labute approximate surface area is 213 Å². The van der Waals surface area contributed by atoms with Crippen molar-refractivity contribution >= 4 is 40.8 Å². The van der Waals surface area contributed by atoms with Gasteiger partial charge in [-0.2, -0.15) is 0 Å². The lowest BCUT2D eigenvalue weighted by molar-refractivity contribution is -0.115. The Hall–Kier alpha value is -3.29. The van der Waals surface area contributed by atoms with Gasteiger partial charge in [0.2, 0.25) is 5.91 Å². The lowest BCUT2D eigenvalue weighted by Gasteiger charge is -2.24. The van der Waals surface area contributed by atoms with E-state index in [1.54, 1.807) is 11.8 Å². The monoisotopic (exact) mass is 499 g/mol. The summed E-state index contributed by atoms with van der Waals surface area (Å²) >= 11 is 2.90. The molecule has 0 fully saturated rings. The lowest BCUT2D eigenvalue weighted by Crippen LogP contribution is -2.28. The molecule has 0 saturated heterocycles. The summed E-state index contributed by atoms with van der Waals surface area (Å²) in [6, 6.07) is 25.9. The van der Waals surface area contributed by atoms with E-state index in [1.807, 2.05) is 41.3 Å². The number of anilines is 2. The Bertz CT molecular complexity index is 1370. The van der Waals surface area contributed by atoms with Crippen LogP contribution in [0.15, 0.2) is 93.7 Å². The van der Waals surface area contributed by atoms with Gasteiger partial charge < -0.3 is 4.98 Å². The molecule has 0 bridgehead atoms. The molecule has 0 unspecified atom stereocenters. The molecule has 1 aliphatic rings. The molecule has 7 heteroatoms. The second kappa shape index (κ2) is 10.5. The van der Waals surface area contributed by atoms with Crippen LogP contribution in [0.1, 0.15) is 22.4 Å². The topological polar surface area (TPSA) is 66.1 Å². The van der Waals surface area contributed by atoms with Crippen LogP contribution >= 0.6 is 23.5 Å². The van der Waals surface area contributed by atoms with Gasteiger partial charge in [-0.1, -0.05) is 65.9 Å². The number of H-pyrrole nitrogens is 1. The summed E-state index contributed by atoms with van der Waals surface area (Å²) in [5.74, 6) is 0.709. The average molecular weight is 500 g/mol. The van der Waals surface area contributed by atoms with E-state index in [4.69, 9.17) is 0 Å². The summed E-state index contributed by atoms with van der Waals surface area (Å²) in [6.07, 6.45) is 1.78. The minimum Gasteiger partial charge on any atom is -0.301 e. The molecule has 1 amide bonds. The van der Waals surface area contributed by atoms with Crippen molar-refractivity contribution in [1.29, 1.82) is 0 Å². The second-order valence-electron chi connectivity index (χ2n) is 8.42. The highest BCUT2D eigenvalue weighted by Gasteiger charge is 2.25. The maximum Gasteiger partial charge on any atom is 0.251 e. The molecule has 0 aliphatic carbocycles. The zero-order chi connectivity index (χ0) is 24.2. The molecule has 0 atom stereocenters. The molecule has 5 nitrogen and oxygen atoms in total. The van der Waals surface area contributed by atoms with Crippen LogP contribution < -0.4 is 10.5 Å². The maximum absolute atomic E-state index is 13.5. The number of benzene rings is 3. The van der Waals surface area contributed by atoms with E-state index < -0.39 is 0 Å². The van der Waals surface area contributed by atoms with Crippen molar-refractivity contribution in [3.8, 4) is 0 Å². The van der Waals surface area contributed by atoms with Gasteiger partial charge in [-0.25, -0.2) is 4.98 Å². The Kier molecular flexibility index (Phi) is 7.06. The molecule has 1 aromatic heterocycles. The van der Waals surface area contributed by atoms with Crippen LogP contribution in [0.4, 0.5) is 11.4 Å². The Morgan fingerprint density at radius 3 is 2.20 bits per heavy atom. The number of fused-ring (bicyclic) bond motifs is 2. The van der Waals surface area contributed by atoms with E-state index in [2.05, 4.69) is 53.3 Å². The summed E-state index contributed by atoms with van der Waals surface area (Å²) in [4.78, 5) is 36.1. The van der Waals surface area contributed by atoms with Crippen LogP contribution in [0.3, 0.4) is 0 Å². The number of para-hydroxylation sites is 2. The number of carbonyl (C=O) groups is 1. The molecule has 5 rings (SSSR count). The Morgan fingerprint density at radius 1 is 0.914 bits per heavy atom. The number of thioether (sulfide) groups is 2. The highest BCUT2D eigenvalue weighted by Crippen LogP contribution is 2.36. The zero-order valence-electron chi connectivity index (χ0n) is 19.4. The highest BCUT2D eigenvalue weighted by molar-refractivity contribution is 7.99. The van der Waals surface area contributed by atoms with Crippen molar-refractivity contribution in [2.75, 3.05) is 10.7 Å². The van der Waals surface area contributed by atoms with Crippen LogP contribution in [-0.4, -0.2) is 21.6 Å². The SMILES string of the molecule is Cc1ccc(SCc2cc(=O)[nH]c(SCC(=O)N3c4ccccc4CCc4ccccc43)n2)cc1. The van der Waals surface area contributed by atoms with Gasteiger partial charge in [-0.15, -0.1) is 11.8 Å². The fourth-order valence-electron chi connectivity index (χ4n) is 4.16. The molecular weight excluding hydrogens is 474 g/mol. The second-order valence-corrected chi connectivity index (χ2v) is 10.4. The number of amides is 1.